The molecule has 3 rings (SSSR count). The second-order valence-corrected chi connectivity index (χ2v) is 14.6. The largest absolute Gasteiger partial charge is 0.482 e. The van der Waals surface area contributed by atoms with E-state index >= 15 is 0 Å². The Morgan fingerprint density at radius 2 is 1.70 bits per heavy atom. The number of benzene rings is 2. The van der Waals surface area contributed by atoms with Crippen molar-refractivity contribution in [2.45, 2.75) is 82.0 Å². The van der Waals surface area contributed by atoms with Gasteiger partial charge in [-0.15, -0.1) is 11.8 Å². The van der Waals surface area contributed by atoms with Crippen molar-refractivity contribution >= 4 is 52.9 Å². The molecule has 0 unspecified atom stereocenters. The van der Waals surface area contributed by atoms with E-state index in [1.54, 1.807) is 54.6 Å². The molecule has 1 aliphatic rings. The molecular formula is C32H42ClN5O7S. The van der Waals surface area contributed by atoms with Crippen LogP contribution in [0, 0.1) is 0 Å². The van der Waals surface area contributed by atoms with E-state index in [4.69, 9.17) is 22.1 Å². The van der Waals surface area contributed by atoms with Crippen molar-refractivity contribution < 1.29 is 33.8 Å². The number of nitrogens with one attached hydrogen (secondary N) is 3. The van der Waals surface area contributed by atoms with Crippen molar-refractivity contribution in [1.29, 1.82) is 0 Å². The number of ether oxygens (including phenoxy) is 1. The van der Waals surface area contributed by atoms with Gasteiger partial charge in [0.25, 0.3) is 11.8 Å². The van der Waals surface area contributed by atoms with Crippen molar-refractivity contribution in [2.24, 2.45) is 5.73 Å². The average Bonchev–Trinajstić information content (AvgIpc) is 3.29. The van der Waals surface area contributed by atoms with E-state index in [9.17, 15) is 29.1 Å². The Bertz CT molecular complexity index is 1420. The van der Waals surface area contributed by atoms with E-state index in [1.807, 2.05) is 34.6 Å². The van der Waals surface area contributed by atoms with Gasteiger partial charge in [-0.1, -0.05) is 54.1 Å². The van der Waals surface area contributed by atoms with Gasteiger partial charge in [-0.2, -0.15) is 0 Å². The van der Waals surface area contributed by atoms with Crippen molar-refractivity contribution in [1.82, 2.24) is 20.9 Å². The molecule has 2 aromatic rings. The first-order valence-electron chi connectivity index (χ1n) is 14.7. The molecule has 12 nitrogen and oxygen atoms in total. The molecule has 1 fully saturated rings. The maximum absolute atomic E-state index is 13.9. The Morgan fingerprint density at radius 3 is 2.30 bits per heavy atom. The number of hydrogen-bond acceptors (Lipinski definition) is 8. The van der Waals surface area contributed by atoms with Crippen LogP contribution in [0.3, 0.4) is 0 Å². The van der Waals surface area contributed by atoms with Gasteiger partial charge in [0.1, 0.15) is 17.8 Å². The number of primary amides is 1. The van der Waals surface area contributed by atoms with Crippen LogP contribution >= 0.6 is 23.4 Å². The molecule has 0 saturated carbocycles. The summed E-state index contributed by atoms with van der Waals surface area (Å²) in [6.45, 7) is 8.67. The number of carbonyl (C=O) groups excluding carboxylic acids is 5. The second kappa shape index (κ2) is 15.7. The third kappa shape index (κ3) is 10.4. The molecule has 6 N–H and O–H groups in total. The van der Waals surface area contributed by atoms with Crippen LogP contribution in [0.4, 0.5) is 0 Å². The molecule has 0 spiro atoms. The summed E-state index contributed by atoms with van der Waals surface area (Å²) in [5.74, 6) is -3.18. The quantitative estimate of drug-likeness (QED) is 0.213. The van der Waals surface area contributed by atoms with Crippen LogP contribution < -0.4 is 26.4 Å². The van der Waals surface area contributed by atoms with Gasteiger partial charge in [-0.05, 0) is 58.7 Å². The first-order chi connectivity index (χ1) is 21.5. The molecule has 46 heavy (non-hydrogen) atoms. The third-order valence-corrected chi connectivity index (χ3v) is 8.77. The van der Waals surface area contributed by atoms with Gasteiger partial charge in [0.15, 0.2) is 12.7 Å². The predicted molar refractivity (Wildman–Crippen MR) is 176 cm³/mol. The Kier molecular flexibility index (Phi) is 12.5. The van der Waals surface area contributed by atoms with E-state index in [0.717, 1.165) is 0 Å². The van der Waals surface area contributed by atoms with Crippen molar-refractivity contribution in [3.8, 4) is 5.75 Å². The first-order valence-corrected chi connectivity index (χ1v) is 16.1. The maximum atomic E-state index is 13.9. The minimum Gasteiger partial charge on any atom is -0.482 e. The van der Waals surface area contributed by atoms with E-state index < -0.39 is 71.2 Å². The summed E-state index contributed by atoms with van der Waals surface area (Å²) < 4.78 is 4.77. The summed E-state index contributed by atoms with van der Waals surface area (Å²) in [5.41, 5.74) is 5.52. The molecule has 4 atom stereocenters. The molecule has 14 heteroatoms. The van der Waals surface area contributed by atoms with Gasteiger partial charge < -0.3 is 36.4 Å². The maximum Gasteiger partial charge on any atom is 0.258 e. The number of nitrogens with two attached hydrogens (primary N) is 1. The topological polar surface area (TPSA) is 180 Å². The number of para-hydroxylation sites is 1. The molecule has 250 valence electrons. The standard InChI is InChI=1S/C32H42ClN5O7S/c1-31(2,3)37-29(43)27-32(4,5)46-18-38(27)30(44)26(41)21(15-19-11-7-6-8-12-19)36-28(42)22(16-24(34)39)35-25(40)17-45-23-14-10-9-13-20(23)33/h6-14,21-22,26-27,41H,15-18H2,1-5H3,(H2,34,39)(H,35,40)(H,36,42)(H,37,43)/t21-,22-,26-,27+/m0/s1. The molecule has 5 amide bonds. The number of carbonyl (C=O) groups is 5. The fourth-order valence-electron chi connectivity index (χ4n) is 4.94. The summed E-state index contributed by atoms with van der Waals surface area (Å²) >= 11 is 7.46. The summed E-state index contributed by atoms with van der Waals surface area (Å²) in [4.78, 5) is 66.6. The van der Waals surface area contributed by atoms with E-state index in [-0.39, 0.29) is 29.0 Å². The minimum absolute atomic E-state index is 0.0234. The Labute approximate surface area is 278 Å². The van der Waals surface area contributed by atoms with Gasteiger partial charge >= 0.3 is 0 Å². The molecule has 2 aromatic carbocycles. The molecule has 1 heterocycles. The minimum atomic E-state index is -1.78. The summed E-state index contributed by atoms with van der Waals surface area (Å²) in [6.07, 6.45) is -2.31. The lowest BCUT2D eigenvalue weighted by atomic mass is 9.96. The number of rotatable bonds is 13. The van der Waals surface area contributed by atoms with Crippen LogP contribution in [0.2, 0.25) is 5.02 Å². The monoisotopic (exact) mass is 675 g/mol. The number of halogens is 1. The van der Waals surface area contributed by atoms with Crippen LogP contribution in [-0.4, -0.2) is 86.5 Å². The van der Waals surface area contributed by atoms with Crippen LogP contribution in [0.25, 0.3) is 0 Å². The number of hydrogen-bond donors (Lipinski definition) is 5. The molecule has 1 aliphatic heterocycles. The number of aliphatic hydroxyl groups excluding tert-OH is 1. The first kappa shape index (κ1) is 36.7. The van der Waals surface area contributed by atoms with Gasteiger partial charge in [-0.25, -0.2) is 0 Å². The van der Waals surface area contributed by atoms with Crippen LogP contribution in [0.15, 0.2) is 54.6 Å². The molecular weight excluding hydrogens is 634 g/mol. The van der Waals surface area contributed by atoms with Gasteiger partial charge in [0, 0.05) is 10.3 Å². The lowest BCUT2D eigenvalue weighted by Gasteiger charge is -2.35. The van der Waals surface area contributed by atoms with Crippen molar-refractivity contribution in [2.75, 3.05) is 12.5 Å². The highest BCUT2D eigenvalue weighted by Gasteiger charge is 2.50. The van der Waals surface area contributed by atoms with E-state index in [0.29, 0.717) is 5.56 Å². The fraction of sp³-hybridized carbons (Fsp3) is 0.469. The zero-order valence-corrected chi connectivity index (χ0v) is 28.1. The lowest BCUT2D eigenvalue weighted by molar-refractivity contribution is -0.148. The third-order valence-electron chi connectivity index (χ3n) is 7.09. The molecule has 1 saturated heterocycles. The van der Waals surface area contributed by atoms with Crippen molar-refractivity contribution in [3.63, 3.8) is 0 Å². The van der Waals surface area contributed by atoms with Crippen LogP contribution in [0.5, 0.6) is 5.75 Å². The van der Waals surface area contributed by atoms with Gasteiger partial charge in [0.2, 0.25) is 17.7 Å². The normalized spacial score (nSPS) is 17.7. The number of aliphatic hydroxyl groups is 1. The summed E-state index contributed by atoms with van der Waals surface area (Å²) in [6, 6.07) is 11.8. The van der Waals surface area contributed by atoms with Gasteiger partial charge in [-0.3, -0.25) is 24.0 Å². The highest BCUT2D eigenvalue weighted by molar-refractivity contribution is 8.00. The Morgan fingerprint density at radius 1 is 1.07 bits per heavy atom. The van der Waals surface area contributed by atoms with Crippen LogP contribution in [0.1, 0.15) is 46.6 Å². The average molecular weight is 676 g/mol. The fourth-order valence-corrected chi connectivity index (χ4v) is 6.27. The Balaban J connectivity index is 1.82. The zero-order valence-electron chi connectivity index (χ0n) is 26.5. The number of thioether (sulfide) groups is 1. The molecule has 0 bridgehead atoms. The van der Waals surface area contributed by atoms with Crippen molar-refractivity contribution in [3.05, 3.63) is 65.2 Å². The van der Waals surface area contributed by atoms with Gasteiger partial charge in [0.05, 0.1) is 23.4 Å². The number of nitrogens with zero attached hydrogens (tertiary/aromatic N) is 1. The van der Waals surface area contributed by atoms with E-state index in [2.05, 4.69) is 16.0 Å². The summed E-state index contributed by atoms with van der Waals surface area (Å²) in [5, 5.41) is 19.7. The highest BCUT2D eigenvalue weighted by atomic mass is 35.5. The lowest BCUT2D eigenvalue weighted by Crippen LogP contribution is -2.61. The smallest absolute Gasteiger partial charge is 0.258 e. The Hall–Kier alpha value is -3.81. The highest BCUT2D eigenvalue weighted by Crippen LogP contribution is 2.40. The SMILES string of the molecule is CC(C)(C)NC(=O)[C@H]1N(C(=O)[C@@H](O)[C@H](Cc2ccccc2)NC(=O)[C@H](CC(N)=O)NC(=O)COc2ccccc2Cl)CSC1(C)C. The molecule has 0 aliphatic carbocycles. The zero-order chi connectivity index (χ0) is 34.2. The number of amides is 5. The second-order valence-electron chi connectivity index (χ2n) is 12.6. The van der Waals surface area contributed by atoms with Crippen LogP contribution in [-0.2, 0) is 30.4 Å². The predicted octanol–water partition coefficient (Wildman–Crippen LogP) is 1.76. The van der Waals surface area contributed by atoms with E-state index in [1.165, 1.54) is 16.7 Å². The summed E-state index contributed by atoms with van der Waals surface area (Å²) in [7, 11) is 0. The molecule has 0 aromatic heterocycles. The molecule has 0 radical (unpaired) electrons.